The van der Waals surface area contributed by atoms with Gasteiger partial charge in [0.1, 0.15) is 41.8 Å². The quantitative estimate of drug-likeness (QED) is 0.253. The topological polar surface area (TPSA) is 141 Å². The van der Waals surface area contributed by atoms with Crippen LogP contribution in [-0.2, 0) is 16.6 Å². The van der Waals surface area contributed by atoms with Crippen molar-refractivity contribution < 1.29 is 14.9 Å². The largest absolute Gasteiger partial charge is 0.387 e. The summed E-state index contributed by atoms with van der Waals surface area (Å²) in [4.78, 5) is 17.4. The predicted molar refractivity (Wildman–Crippen MR) is 165 cm³/mol. The molecular formula is C32H48N8O3. The Bertz CT molecular complexity index is 1440. The van der Waals surface area contributed by atoms with Crippen LogP contribution in [0.15, 0.2) is 24.5 Å². The first kappa shape index (κ1) is 29.2. The highest BCUT2D eigenvalue weighted by Crippen LogP contribution is 2.44. The molecule has 11 nitrogen and oxygen atoms in total. The third-order valence-electron chi connectivity index (χ3n) is 10.9. The summed E-state index contributed by atoms with van der Waals surface area (Å²) in [6.07, 6.45) is 6.25. The fraction of sp³-hybridized carbons (Fsp3) is 0.688. The van der Waals surface area contributed by atoms with Crippen molar-refractivity contribution in [1.29, 1.82) is 0 Å². The van der Waals surface area contributed by atoms with Gasteiger partial charge in [-0.25, -0.2) is 9.97 Å². The molecule has 2 aromatic heterocycles. The molecule has 3 aromatic rings. The van der Waals surface area contributed by atoms with Gasteiger partial charge in [-0.1, -0.05) is 19.4 Å². The first-order valence-electron chi connectivity index (χ1n) is 16.1. The number of hydrogen-bond acceptors (Lipinski definition) is 9. The molecule has 2 aliphatic carbocycles. The van der Waals surface area contributed by atoms with Crippen LogP contribution in [0.4, 0.5) is 5.82 Å². The minimum Gasteiger partial charge on any atom is -0.387 e. The number of aromatic amines is 1. The molecule has 1 aromatic carbocycles. The molecule has 2 saturated carbocycles. The summed E-state index contributed by atoms with van der Waals surface area (Å²) in [6.45, 7) is 7.90. The summed E-state index contributed by atoms with van der Waals surface area (Å²) >= 11 is 0. The van der Waals surface area contributed by atoms with E-state index in [9.17, 15) is 10.2 Å². The normalized spacial score (nSPS) is 32.2. The maximum atomic E-state index is 11.0. The van der Waals surface area contributed by atoms with Crippen LogP contribution in [0.5, 0.6) is 0 Å². The zero-order chi connectivity index (χ0) is 30.0. The first-order valence-corrected chi connectivity index (χ1v) is 16.1. The molecule has 0 amide bonds. The van der Waals surface area contributed by atoms with Gasteiger partial charge in [0.05, 0.1) is 24.0 Å². The van der Waals surface area contributed by atoms with E-state index in [0.29, 0.717) is 42.3 Å². The fourth-order valence-electron chi connectivity index (χ4n) is 7.67. The molecule has 0 spiro atoms. The second-order valence-electron chi connectivity index (χ2n) is 14.1. The molecule has 43 heavy (non-hydrogen) atoms. The Morgan fingerprint density at radius 1 is 1.21 bits per heavy atom. The molecule has 2 aliphatic heterocycles. The van der Waals surface area contributed by atoms with Crippen LogP contribution < -0.4 is 11.1 Å². The smallest absolute Gasteiger partial charge is 0.165 e. The number of aliphatic hydroxyl groups is 2. The van der Waals surface area contributed by atoms with E-state index < -0.39 is 24.5 Å². The lowest BCUT2D eigenvalue weighted by Gasteiger charge is -2.46. The molecule has 6 N–H and O–H groups in total. The van der Waals surface area contributed by atoms with Crippen molar-refractivity contribution in [3.05, 3.63) is 41.6 Å². The maximum Gasteiger partial charge on any atom is 0.165 e. The third kappa shape index (κ3) is 5.17. The highest BCUT2D eigenvalue weighted by Gasteiger charge is 2.47. The van der Waals surface area contributed by atoms with Crippen LogP contribution in [0.2, 0.25) is 0 Å². The zero-order valence-corrected chi connectivity index (χ0v) is 25.9. The molecule has 4 heterocycles. The van der Waals surface area contributed by atoms with Gasteiger partial charge in [0.15, 0.2) is 6.23 Å². The number of hydrogen-bond donors (Lipinski definition) is 5. The minimum absolute atomic E-state index is 0.302. The van der Waals surface area contributed by atoms with E-state index in [2.05, 4.69) is 59.2 Å². The van der Waals surface area contributed by atoms with Crippen molar-refractivity contribution in [2.45, 2.75) is 114 Å². The number of aliphatic hydroxyl groups excluding tert-OH is 2. The Morgan fingerprint density at radius 3 is 2.72 bits per heavy atom. The maximum absolute atomic E-state index is 11.0. The number of fused-ring (bicyclic) bond motifs is 2. The number of aromatic nitrogens is 4. The molecule has 0 bridgehead atoms. The lowest BCUT2D eigenvalue weighted by molar-refractivity contribution is -0.0627. The summed E-state index contributed by atoms with van der Waals surface area (Å²) in [5.74, 6) is 2.48. The number of anilines is 1. The standard InChI is InChI=1S/C32H48N8O3/c1-18(2)39(15-24-27(41)28(42)31(43-24)40-17-34-26-29(33)38(4)16-35-30(26)40)21-12-19(13-21)6-9-25-36-22-8-7-20(14-23(22)37-25)32(3)10-5-11-32/h7-8,14,17-19,21,24,27-29,31,35,41-42H,5-6,9-13,15-16,33H2,1-4H3,(H,36,37)/t19-,21-,24-,27-,28-,29?,31-/m1/s1. The van der Waals surface area contributed by atoms with E-state index in [-0.39, 0.29) is 6.17 Å². The molecule has 11 heteroatoms. The summed E-state index contributed by atoms with van der Waals surface area (Å²) in [7, 11) is 1.93. The van der Waals surface area contributed by atoms with Crippen molar-refractivity contribution in [2.75, 3.05) is 25.6 Å². The van der Waals surface area contributed by atoms with E-state index in [1.807, 2.05) is 11.9 Å². The molecule has 5 atom stereocenters. The van der Waals surface area contributed by atoms with Crippen LogP contribution in [0.1, 0.15) is 88.8 Å². The average Bonchev–Trinajstić information content (AvgIpc) is 3.63. The second-order valence-corrected chi connectivity index (χ2v) is 14.1. The van der Waals surface area contributed by atoms with Crippen molar-refractivity contribution in [3.63, 3.8) is 0 Å². The number of aryl methyl sites for hydroxylation is 1. The molecule has 7 rings (SSSR count). The second kappa shape index (κ2) is 11.1. The number of benzene rings is 1. The van der Waals surface area contributed by atoms with Crippen molar-refractivity contribution >= 4 is 16.9 Å². The van der Waals surface area contributed by atoms with E-state index in [4.69, 9.17) is 15.5 Å². The van der Waals surface area contributed by atoms with Crippen molar-refractivity contribution in [3.8, 4) is 0 Å². The van der Waals surface area contributed by atoms with Gasteiger partial charge < -0.3 is 31.0 Å². The Hall–Kier alpha value is -2.54. The van der Waals surface area contributed by atoms with Crippen molar-refractivity contribution in [2.24, 2.45) is 11.7 Å². The van der Waals surface area contributed by atoms with E-state index in [0.717, 1.165) is 48.4 Å². The Kier molecular flexibility index (Phi) is 7.55. The Morgan fingerprint density at radius 2 is 2.00 bits per heavy atom. The highest BCUT2D eigenvalue weighted by atomic mass is 16.6. The van der Waals surface area contributed by atoms with Gasteiger partial charge >= 0.3 is 0 Å². The van der Waals surface area contributed by atoms with Crippen LogP contribution in [0.25, 0.3) is 11.0 Å². The monoisotopic (exact) mass is 592 g/mol. The van der Waals surface area contributed by atoms with Gasteiger partial charge in [-0.2, -0.15) is 0 Å². The zero-order valence-electron chi connectivity index (χ0n) is 25.9. The van der Waals surface area contributed by atoms with Crippen LogP contribution in [-0.4, -0.2) is 90.2 Å². The number of nitrogens with one attached hydrogen (secondary N) is 2. The average molecular weight is 593 g/mol. The lowest BCUT2D eigenvalue weighted by Crippen LogP contribution is -2.52. The van der Waals surface area contributed by atoms with Gasteiger partial charge in [0.2, 0.25) is 0 Å². The third-order valence-corrected chi connectivity index (χ3v) is 10.9. The van der Waals surface area contributed by atoms with Gasteiger partial charge in [-0.3, -0.25) is 14.4 Å². The number of rotatable bonds is 9. The molecule has 0 radical (unpaired) electrons. The number of ether oxygens (including phenoxy) is 1. The predicted octanol–water partition coefficient (Wildman–Crippen LogP) is 3.21. The van der Waals surface area contributed by atoms with Crippen LogP contribution >= 0.6 is 0 Å². The van der Waals surface area contributed by atoms with Gasteiger partial charge in [0.25, 0.3) is 0 Å². The van der Waals surface area contributed by atoms with Crippen LogP contribution in [0, 0.1) is 5.92 Å². The number of nitrogens with two attached hydrogens (primary N) is 1. The SMILES string of the molecule is CC(C)N(C[C@H]1O[C@@H](n2cnc3c2NCN(C)C3N)[C@H](O)[C@@H]1O)[C@H]1C[C@H](CCc2nc3cc(C4(C)CCC4)ccc3[nH]2)C1. The summed E-state index contributed by atoms with van der Waals surface area (Å²) in [5, 5.41) is 25.4. The molecular weight excluding hydrogens is 544 g/mol. The van der Waals surface area contributed by atoms with E-state index >= 15 is 0 Å². The van der Waals surface area contributed by atoms with Gasteiger partial charge in [0, 0.05) is 25.0 Å². The minimum atomic E-state index is -1.05. The molecule has 3 fully saturated rings. The molecule has 234 valence electrons. The molecule has 1 saturated heterocycles. The van der Waals surface area contributed by atoms with Gasteiger partial charge in [-0.05, 0) is 82.0 Å². The Balaban J connectivity index is 0.944. The van der Waals surface area contributed by atoms with Gasteiger partial charge in [-0.15, -0.1) is 0 Å². The fourth-order valence-corrected chi connectivity index (χ4v) is 7.67. The molecule has 1 unspecified atom stereocenters. The summed E-state index contributed by atoms with van der Waals surface area (Å²) in [6, 6.07) is 7.52. The van der Waals surface area contributed by atoms with E-state index in [1.54, 1.807) is 10.9 Å². The number of imidazole rings is 2. The summed E-state index contributed by atoms with van der Waals surface area (Å²) in [5.41, 5.74) is 11.0. The number of nitrogens with zero attached hydrogens (tertiary/aromatic N) is 5. The summed E-state index contributed by atoms with van der Waals surface area (Å²) < 4.78 is 8.11. The van der Waals surface area contributed by atoms with Crippen molar-refractivity contribution in [1.82, 2.24) is 29.3 Å². The Labute approximate surface area is 253 Å². The lowest BCUT2D eigenvalue weighted by atomic mass is 9.66. The highest BCUT2D eigenvalue weighted by molar-refractivity contribution is 5.76. The van der Waals surface area contributed by atoms with E-state index in [1.165, 1.54) is 24.8 Å². The molecule has 4 aliphatic rings. The number of H-pyrrole nitrogens is 1. The first-order chi connectivity index (χ1) is 20.6. The van der Waals surface area contributed by atoms with Crippen LogP contribution in [0.3, 0.4) is 0 Å².